The van der Waals surface area contributed by atoms with Gasteiger partial charge in [0.25, 0.3) is 0 Å². The highest BCUT2D eigenvalue weighted by atomic mass is 19.1. The van der Waals surface area contributed by atoms with Gasteiger partial charge in [0.05, 0.1) is 17.4 Å². The van der Waals surface area contributed by atoms with Gasteiger partial charge in [-0.2, -0.15) is 0 Å². The zero-order chi connectivity index (χ0) is 19.7. The van der Waals surface area contributed by atoms with Gasteiger partial charge in [-0.05, 0) is 45.4 Å². The Labute approximate surface area is 164 Å². The number of hydrogen-bond donors (Lipinski definition) is 4. The summed E-state index contributed by atoms with van der Waals surface area (Å²) in [6.07, 6.45) is 2.96. The van der Waals surface area contributed by atoms with Gasteiger partial charge in [0.2, 0.25) is 6.79 Å². The van der Waals surface area contributed by atoms with Gasteiger partial charge in [-0.25, -0.2) is 8.78 Å². The van der Waals surface area contributed by atoms with Crippen LogP contribution in [0.3, 0.4) is 0 Å². The van der Waals surface area contributed by atoms with Crippen molar-refractivity contribution < 1.29 is 18.3 Å². The van der Waals surface area contributed by atoms with E-state index < -0.39 is 6.17 Å². The number of rotatable bonds is 4. The van der Waals surface area contributed by atoms with Crippen LogP contribution >= 0.6 is 0 Å². The molecule has 0 aliphatic carbocycles. The number of benzene rings is 1. The van der Waals surface area contributed by atoms with Gasteiger partial charge in [0.15, 0.2) is 17.3 Å². The molecule has 3 aliphatic rings. The largest absolute Gasteiger partial charge is 0.453 e. The molecule has 6 nitrogen and oxygen atoms in total. The summed E-state index contributed by atoms with van der Waals surface area (Å²) >= 11 is 0. The summed E-state index contributed by atoms with van der Waals surface area (Å²) in [5, 5.41) is 12.7. The summed E-state index contributed by atoms with van der Waals surface area (Å²) < 4.78 is 41.0. The minimum absolute atomic E-state index is 0.0842. The highest BCUT2D eigenvalue weighted by Gasteiger charge is 2.35. The van der Waals surface area contributed by atoms with Crippen molar-refractivity contribution >= 4 is 11.3 Å². The number of halogens is 2. The molecule has 4 atom stereocenters. The van der Waals surface area contributed by atoms with Crippen molar-refractivity contribution in [2.45, 2.75) is 50.6 Å². The summed E-state index contributed by atoms with van der Waals surface area (Å²) in [6.45, 7) is 3.48. The molecule has 1 fully saturated rings. The number of anilines is 1. The van der Waals surface area contributed by atoms with Gasteiger partial charge in [-0.15, -0.1) is 0 Å². The van der Waals surface area contributed by atoms with Gasteiger partial charge < -0.3 is 25.4 Å². The summed E-state index contributed by atoms with van der Waals surface area (Å²) in [6, 6.07) is 1.01. The Hall–Kier alpha value is -1.90. The first-order valence-corrected chi connectivity index (χ1v) is 9.94. The third kappa shape index (κ3) is 3.68. The number of allylic oxidation sites excluding steroid dienone is 1. The molecular weight excluding hydrogens is 366 g/mol. The second-order valence-electron chi connectivity index (χ2n) is 7.61. The molecule has 3 heterocycles. The number of alkyl halides is 1. The Morgan fingerprint density at radius 3 is 2.96 bits per heavy atom. The SMILES string of the molecule is CNC1CC(Nc2cc3c(c(C4=CCNCCC4)c2F)OCO3)NC(C)C1F. The van der Waals surface area contributed by atoms with Crippen LogP contribution in [0.25, 0.3) is 5.57 Å². The van der Waals surface area contributed by atoms with E-state index in [1.54, 1.807) is 20.0 Å². The molecule has 4 N–H and O–H groups in total. The zero-order valence-electron chi connectivity index (χ0n) is 16.3. The van der Waals surface area contributed by atoms with E-state index in [-0.39, 0.29) is 30.9 Å². The van der Waals surface area contributed by atoms with Crippen molar-refractivity contribution in [2.75, 3.05) is 32.2 Å². The Morgan fingerprint density at radius 2 is 2.14 bits per heavy atom. The maximum Gasteiger partial charge on any atom is 0.231 e. The Morgan fingerprint density at radius 1 is 1.29 bits per heavy atom. The van der Waals surface area contributed by atoms with Gasteiger partial charge in [-0.1, -0.05) is 6.08 Å². The molecule has 28 heavy (non-hydrogen) atoms. The molecule has 1 aromatic carbocycles. The quantitative estimate of drug-likeness (QED) is 0.629. The molecule has 0 aromatic heterocycles. The molecule has 0 bridgehead atoms. The van der Waals surface area contributed by atoms with E-state index in [0.717, 1.165) is 25.0 Å². The second kappa shape index (κ2) is 8.23. The molecule has 0 radical (unpaired) electrons. The number of fused-ring (bicyclic) bond motifs is 1. The van der Waals surface area contributed by atoms with Crippen molar-refractivity contribution in [2.24, 2.45) is 0 Å². The van der Waals surface area contributed by atoms with Crippen LogP contribution in [0.1, 0.15) is 31.7 Å². The lowest BCUT2D eigenvalue weighted by atomic mass is 9.95. The lowest BCUT2D eigenvalue weighted by Gasteiger charge is -2.38. The first-order valence-electron chi connectivity index (χ1n) is 9.94. The zero-order valence-corrected chi connectivity index (χ0v) is 16.3. The van der Waals surface area contributed by atoms with Gasteiger partial charge >= 0.3 is 0 Å². The van der Waals surface area contributed by atoms with E-state index in [2.05, 4.69) is 21.3 Å². The molecule has 3 aliphatic heterocycles. The van der Waals surface area contributed by atoms with E-state index in [0.29, 0.717) is 35.7 Å². The number of hydrogen-bond acceptors (Lipinski definition) is 6. The monoisotopic (exact) mass is 394 g/mol. The van der Waals surface area contributed by atoms with Crippen LogP contribution in [0, 0.1) is 5.82 Å². The second-order valence-corrected chi connectivity index (χ2v) is 7.61. The summed E-state index contributed by atoms with van der Waals surface area (Å²) in [7, 11) is 1.75. The van der Waals surface area contributed by atoms with Crippen molar-refractivity contribution in [1.29, 1.82) is 0 Å². The van der Waals surface area contributed by atoms with Crippen LogP contribution in [0.4, 0.5) is 14.5 Å². The van der Waals surface area contributed by atoms with Crippen LogP contribution < -0.4 is 30.7 Å². The van der Waals surface area contributed by atoms with Crippen LogP contribution in [0.5, 0.6) is 11.5 Å². The van der Waals surface area contributed by atoms with Crippen molar-refractivity contribution in [1.82, 2.24) is 16.0 Å². The maximum absolute atomic E-state index is 15.6. The summed E-state index contributed by atoms with van der Waals surface area (Å²) in [5.74, 6) is 0.655. The maximum atomic E-state index is 15.6. The Bertz CT molecular complexity index is 758. The third-order valence-corrected chi connectivity index (χ3v) is 5.73. The van der Waals surface area contributed by atoms with Crippen molar-refractivity contribution in [3.63, 3.8) is 0 Å². The fourth-order valence-electron chi connectivity index (χ4n) is 4.22. The first kappa shape index (κ1) is 19.4. The minimum Gasteiger partial charge on any atom is -0.453 e. The predicted octanol–water partition coefficient (Wildman–Crippen LogP) is 2.37. The van der Waals surface area contributed by atoms with E-state index >= 15 is 4.39 Å². The Kier molecular flexibility index (Phi) is 5.70. The van der Waals surface area contributed by atoms with Crippen molar-refractivity contribution in [3.8, 4) is 11.5 Å². The van der Waals surface area contributed by atoms with E-state index in [1.807, 2.05) is 6.08 Å². The molecule has 154 valence electrons. The van der Waals surface area contributed by atoms with E-state index in [9.17, 15) is 4.39 Å². The smallest absolute Gasteiger partial charge is 0.231 e. The molecule has 0 saturated carbocycles. The minimum atomic E-state index is -0.996. The van der Waals surface area contributed by atoms with Crippen LogP contribution in [-0.2, 0) is 0 Å². The van der Waals surface area contributed by atoms with Gasteiger partial charge in [-0.3, -0.25) is 5.32 Å². The molecule has 8 heteroatoms. The summed E-state index contributed by atoms with van der Waals surface area (Å²) in [5.41, 5.74) is 1.74. The standard InChI is InChI=1S/C20H28F2N4O2/c1-11-18(21)13(23-2)9-16(25-11)26-14-8-15-20(28-10-27-15)17(19(14)22)12-4-3-6-24-7-5-12/h5,8,11,13,16,18,23-26H,3-4,6-7,9-10H2,1-2H3. The number of piperidine rings is 1. The highest BCUT2D eigenvalue weighted by molar-refractivity contribution is 5.78. The fraction of sp³-hybridized carbons (Fsp3) is 0.600. The normalized spacial score (nSPS) is 29.9. The Balaban J connectivity index is 1.65. The van der Waals surface area contributed by atoms with Crippen molar-refractivity contribution in [3.05, 3.63) is 23.5 Å². The van der Waals surface area contributed by atoms with Gasteiger partial charge in [0, 0.05) is 24.7 Å². The molecule has 4 unspecified atom stereocenters. The molecule has 1 aromatic rings. The summed E-state index contributed by atoms with van der Waals surface area (Å²) in [4.78, 5) is 0. The average molecular weight is 394 g/mol. The first-order chi connectivity index (χ1) is 13.6. The van der Waals surface area contributed by atoms with Gasteiger partial charge in [0.1, 0.15) is 6.17 Å². The molecule has 0 spiro atoms. The van der Waals surface area contributed by atoms with E-state index in [4.69, 9.17) is 9.47 Å². The van der Waals surface area contributed by atoms with E-state index in [1.165, 1.54) is 0 Å². The topological polar surface area (TPSA) is 66.6 Å². The number of nitrogens with one attached hydrogen (secondary N) is 4. The predicted molar refractivity (Wildman–Crippen MR) is 105 cm³/mol. The molecule has 0 amide bonds. The lowest BCUT2D eigenvalue weighted by Crippen LogP contribution is -2.59. The van der Waals surface area contributed by atoms with Crippen LogP contribution in [0.15, 0.2) is 12.1 Å². The molecule has 4 rings (SSSR count). The third-order valence-electron chi connectivity index (χ3n) is 5.73. The average Bonchev–Trinajstić information content (AvgIpc) is 2.97. The molecule has 1 saturated heterocycles. The van der Waals surface area contributed by atoms with Crippen LogP contribution in [0.2, 0.25) is 0 Å². The van der Waals surface area contributed by atoms with Crippen LogP contribution in [-0.4, -0.2) is 51.4 Å². The number of ether oxygens (including phenoxy) is 2. The fourth-order valence-corrected chi connectivity index (χ4v) is 4.22. The molecular formula is C20H28F2N4O2. The highest BCUT2D eigenvalue weighted by Crippen LogP contribution is 2.45. The lowest BCUT2D eigenvalue weighted by molar-refractivity contribution is 0.143.